The number of hydrogen-bond donors (Lipinski definition) is 0. The Kier molecular flexibility index (Phi) is 7.68. The molecule has 1 aliphatic heterocycles. The smallest absolute Gasteiger partial charge is 0.410 e. The molecule has 0 spiro atoms. The topological polar surface area (TPSA) is 59.1 Å². The number of nitrogens with zero attached hydrogens (tertiary/aromatic N) is 2. The summed E-state index contributed by atoms with van der Waals surface area (Å²) in [5, 5.41) is 0. The van der Waals surface area contributed by atoms with Gasteiger partial charge in [-0.1, -0.05) is 42.5 Å². The van der Waals surface area contributed by atoms with E-state index in [9.17, 15) is 14.0 Å². The molecule has 5 rings (SSSR count). The SMILES string of the molecule is O=C(OCc1ccccc1)N1CCN(C(=O)c2ccc(OC3CCCC3)c(-c3ccc(F)cc3)c2)CC1. The second kappa shape index (κ2) is 11.5. The van der Waals surface area contributed by atoms with Crippen LogP contribution in [0.5, 0.6) is 5.75 Å². The highest BCUT2D eigenvalue weighted by Gasteiger charge is 2.27. The van der Waals surface area contributed by atoms with Gasteiger partial charge in [0.1, 0.15) is 18.2 Å². The molecule has 0 bridgehead atoms. The quantitative estimate of drug-likeness (QED) is 0.421. The molecule has 0 unspecified atom stereocenters. The van der Waals surface area contributed by atoms with E-state index in [2.05, 4.69) is 0 Å². The first kappa shape index (κ1) is 24.8. The fourth-order valence-electron chi connectivity index (χ4n) is 4.89. The lowest BCUT2D eigenvalue weighted by Gasteiger charge is -2.34. The predicted octanol–water partition coefficient (Wildman–Crippen LogP) is 5.91. The van der Waals surface area contributed by atoms with Crippen LogP contribution in [0.3, 0.4) is 0 Å². The minimum Gasteiger partial charge on any atom is -0.490 e. The summed E-state index contributed by atoms with van der Waals surface area (Å²) in [7, 11) is 0. The number of halogens is 1. The number of hydrogen-bond acceptors (Lipinski definition) is 4. The van der Waals surface area contributed by atoms with E-state index >= 15 is 0 Å². The van der Waals surface area contributed by atoms with Gasteiger partial charge in [0.15, 0.2) is 0 Å². The van der Waals surface area contributed by atoms with E-state index in [1.54, 1.807) is 28.0 Å². The Morgan fingerprint density at radius 2 is 1.51 bits per heavy atom. The normalized spacial score (nSPS) is 16.0. The van der Waals surface area contributed by atoms with Crippen molar-refractivity contribution >= 4 is 12.0 Å². The maximum absolute atomic E-state index is 13.6. The molecule has 1 saturated carbocycles. The number of amides is 2. The highest BCUT2D eigenvalue weighted by Crippen LogP contribution is 2.34. The van der Waals surface area contributed by atoms with Gasteiger partial charge in [0, 0.05) is 37.3 Å². The molecule has 1 saturated heterocycles. The van der Waals surface area contributed by atoms with Crippen molar-refractivity contribution in [3.8, 4) is 16.9 Å². The third kappa shape index (κ3) is 6.10. The number of benzene rings is 3. The highest BCUT2D eigenvalue weighted by atomic mass is 19.1. The molecule has 2 amide bonds. The maximum Gasteiger partial charge on any atom is 0.410 e. The van der Waals surface area contributed by atoms with Gasteiger partial charge in [-0.15, -0.1) is 0 Å². The van der Waals surface area contributed by atoms with Gasteiger partial charge in [0.05, 0.1) is 6.10 Å². The van der Waals surface area contributed by atoms with Crippen molar-refractivity contribution in [3.63, 3.8) is 0 Å². The Balaban J connectivity index is 1.25. The molecule has 1 heterocycles. The van der Waals surface area contributed by atoms with Crippen molar-refractivity contribution in [3.05, 3.63) is 89.7 Å². The predicted molar refractivity (Wildman–Crippen MR) is 139 cm³/mol. The summed E-state index contributed by atoms with van der Waals surface area (Å²) in [6, 6.07) is 21.3. The molecule has 0 atom stereocenters. The second-order valence-electron chi connectivity index (χ2n) is 9.56. The van der Waals surface area contributed by atoms with Crippen LogP contribution in [0.25, 0.3) is 11.1 Å². The third-order valence-electron chi connectivity index (χ3n) is 7.01. The Bertz CT molecular complexity index is 1220. The lowest BCUT2D eigenvalue weighted by Crippen LogP contribution is -2.50. The van der Waals surface area contributed by atoms with E-state index in [1.165, 1.54) is 12.1 Å². The summed E-state index contributed by atoms with van der Waals surface area (Å²) >= 11 is 0. The fourth-order valence-corrected chi connectivity index (χ4v) is 4.89. The van der Waals surface area contributed by atoms with E-state index in [1.807, 2.05) is 42.5 Å². The average Bonchev–Trinajstić information content (AvgIpc) is 3.46. The van der Waals surface area contributed by atoms with Crippen LogP contribution in [0.4, 0.5) is 9.18 Å². The Morgan fingerprint density at radius 3 is 2.22 bits per heavy atom. The molecule has 6 nitrogen and oxygen atoms in total. The average molecular weight is 503 g/mol. The molecule has 0 aromatic heterocycles. The number of piperazine rings is 1. The van der Waals surface area contributed by atoms with Gasteiger partial charge in [-0.25, -0.2) is 9.18 Å². The summed E-state index contributed by atoms with van der Waals surface area (Å²) in [6.07, 6.45) is 4.12. The van der Waals surface area contributed by atoms with Gasteiger partial charge in [0.2, 0.25) is 0 Å². The molecule has 0 radical (unpaired) electrons. The van der Waals surface area contributed by atoms with Gasteiger partial charge in [-0.2, -0.15) is 0 Å². The standard InChI is InChI=1S/C30H31FN2O4/c31-25-13-10-23(11-14-25)27-20-24(12-15-28(27)37-26-8-4-5-9-26)29(34)32-16-18-33(19-17-32)30(35)36-21-22-6-2-1-3-7-22/h1-3,6-7,10-15,20,26H,4-5,8-9,16-19,21H2. The van der Waals surface area contributed by atoms with E-state index < -0.39 is 0 Å². The largest absolute Gasteiger partial charge is 0.490 e. The van der Waals surface area contributed by atoms with Crippen LogP contribution in [-0.2, 0) is 11.3 Å². The Labute approximate surface area is 216 Å². The van der Waals surface area contributed by atoms with Gasteiger partial charge in [-0.05, 0) is 67.1 Å². The molecule has 3 aromatic carbocycles. The third-order valence-corrected chi connectivity index (χ3v) is 7.01. The zero-order valence-electron chi connectivity index (χ0n) is 20.8. The van der Waals surface area contributed by atoms with Crippen molar-refractivity contribution in [1.82, 2.24) is 9.80 Å². The number of carbonyl (C=O) groups excluding carboxylic acids is 2. The molecule has 192 valence electrons. The highest BCUT2D eigenvalue weighted by molar-refractivity contribution is 5.96. The van der Waals surface area contributed by atoms with Crippen molar-refractivity contribution < 1.29 is 23.5 Å². The van der Waals surface area contributed by atoms with Crippen molar-refractivity contribution in [1.29, 1.82) is 0 Å². The molecular weight excluding hydrogens is 471 g/mol. The van der Waals surface area contributed by atoms with Crippen LogP contribution in [0.2, 0.25) is 0 Å². The summed E-state index contributed by atoms with van der Waals surface area (Å²) in [5.74, 6) is 0.295. The van der Waals surface area contributed by atoms with Crippen LogP contribution < -0.4 is 4.74 Å². The van der Waals surface area contributed by atoms with E-state index in [-0.39, 0.29) is 30.5 Å². The first-order valence-electron chi connectivity index (χ1n) is 12.9. The minimum atomic E-state index is -0.372. The van der Waals surface area contributed by atoms with Crippen LogP contribution in [0.15, 0.2) is 72.8 Å². The number of ether oxygens (including phenoxy) is 2. The fraction of sp³-hybridized carbons (Fsp3) is 0.333. The van der Waals surface area contributed by atoms with Crippen LogP contribution in [0, 0.1) is 5.82 Å². The Hall–Kier alpha value is -3.87. The van der Waals surface area contributed by atoms with E-state index in [4.69, 9.17) is 9.47 Å². The first-order chi connectivity index (χ1) is 18.1. The van der Waals surface area contributed by atoms with Gasteiger partial charge in [0.25, 0.3) is 5.91 Å². The number of rotatable bonds is 6. The molecule has 2 aliphatic rings. The van der Waals surface area contributed by atoms with Crippen LogP contribution in [-0.4, -0.2) is 54.1 Å². The summed E-state index contributed by atoms with van der Waals surface area (Å²) in [6.45, 7) is 1.89. The minimum absolute atomic E-state index is 0.104. The van der Waals surface area contributed by atoms with Gasteiger partial charge >= 0.3 is 6.09 Å². The van der Waals surface area contributed by atoms with E-state index in [0.29, 0.717) is 37.5 Å². The number of carbonyl (C=O) groups is 2. The van der Waals surface area contributed by atoms with Crippen LogP contribution in [0.1, 0.15) is 41.6 Å². The molecule has 0 N–H and O–H groups in total. The second-order valence-corrected chi connectivity index (χ2v) is 9.56. The molecule has 7 heteroatoms. The summed E-state index contributed by atoms with van der Waals surface area (Å²) < 4.78 is 25.3. The zero-order valence-corrected chi connectivity index (χ0v) is 20.8. The summed E-state index contributed by atoms with van der Waals surface area (Å²) in [5.41, 5.74) is 3.05. The van der Waals surface area contributed by atoms with Gasteiger partial charge in [-0.3, -0.25) is 4.79 Å². The van der Waals surface area contributed by atoms with E-state index in [0.717, 1.165) is 42.4 Å². The molecule has 37 heavy (non-hydrogen) atoms. The van der Waals surface area contributed by atoms with Gasteiger partial charge < -0.3 is 19.3 Å². The van der Waals surface area contributed by atoms with Crippen molar-refractivity contribution in [2.45, 2.75) is 38.4 Å². The van der Waals surface area contributed by atoms with Crippen molar-refractivity contribution in [2.24, 2.45) is 0 Å². The molecule has 3 aromatic rings. The lowest BCUT2D eigenvalue weighted by atomic mass is 10.0. The monoisotopic (exact) mass is 502 g/mol. The molecule has 2 fully saturated rings. The summed E-state index contributed by atoms with van der Waals surface area (Å²) in [4.78, 5) is 29.2. The zero-order chi connectivity index (χ0) is 25.6. The maximum atomic E-state index is 13.6. The van der Waals surface area contributed by atoms with Crippen molar-refractivity contribution in [2.75, 3.05) is 26.2 Å². The molecular formula is C30H31FN2O4. The molecule has 1 aliphatic carbocycles. The first-order valence-corrected chi connectivity index (χ1v) is 12.9. The Morgan fingerprint density at radius 1 is 0.838 bits per heavy atom. The lowest BCUT2D eigenvalue weighted by molar-refractivity contribution is 0.0544. The van der Waals surface area contributed by atoms with Crippen LogP contribution >= 0.6 is 0 Å².